The van der Waals surface area contributed by atoms with Crippen LogP contribution in [0.2, 0.25) is 0 Å². The predicted molar refractivity (Wildman–Crippen MR) is 85.8 cm³/mol. The second-order valence-corrected chi connectivity index (χ2v) is 7.11. The molecule has 0 bridgehead atoms. The summed E-state index contributed by atoms with van der Waals surface area (Å²) in [6, 6.07) is 11.7. The standard InChI is InChI=1S/C15H6N2OS3/c16-6-10-11(7-17)15(13-4-3-9(8-18)20-13)21-14(10)12-2-1-5-19-12/h1-5,8H. The maximum Gasteiger partial charge on any atom is 0.160 e. The van der Waals surface area contributed by atoms with Gasteiger partial charge in [-0.25, -0.2) is 0 Å². The van der Waals surface area contributed by atoms with E-state index in [2.05, 4.69) is 12.1 Å². The van der Waals surface area contributed by atoms with Crippen molar-refractivity contribution in [2.75, 3.05) is 0 Å². The van der Waals surface area contributed by atoms with Crippen molar-refractivity contribution in [1.82, 2.24) is 0 Å². The number of nitriles is 2. The van der Waals surface area contributed by atoms with Crippen LogP contribution >= 0.6 is 34.0 Å². The molecule has 0 aliphatic rings. The molecule has 6 heteroatoms. The Kier molecular flexibility index (Phi) is 3.68. The van der Waals surface area contributed by atoms with Crippen LogP contribution in [0, 0.1) is 22.7 Å². The van der Waals surface area contributed by atoms with E-state index in [1.165, 1.54) is 22.7 Å². The van der Waals surface area contributed by atoms with Crippen LogP contribution in [0.5, 0.6) is 0 Å². The molecule has 0 unspecified atom stereocenters. The van der Waals surface area contributed by atoms with Crippen molar-refractivity contribution in [3.05, 3.63) is 45.6 Å². The zero-order chi connectivity index (χ0) is 14.8. The van der Waals surface area contributed by atoms with Gasteiger partial charge in [-0.2, -0.15) is 10.5 Å². The van der Waals surface area contributed by atoms with Crippen molar-refractivity contribution in [2.45, 2.75) is 0 Å². The molecule has 3 aromatic rings. The van der Waals surface area contributed by atoms with Gasteiger partial charge >= 0.3 is 0 Å². The Morgan fingerprint density at radius 1 is 0.952 bits per heavy atom. The highest BCUT2D eigenvalue weighted by Gasteiger charge is 2.21. The lowest BCUT2D eigenvalue weighted by atomic mass is 10.1. The molecule has 0 fully saturated rings. The number of hydrogen-bond acceptors (Lipinski definition) is 6. The minimum absolute atomic E-state index is 0.394. The fourth-order valence-corrected chi connectivity index (χ4v) is 4.94. The molecule has 100 valence electrons. The Labute approximate surface area is 133 Å². The number of rotatable bonds is 3. The lowest BCUT2D eigenvalue weighted by Gasteiger charge is -1.91. The molecule has 0 saturated carbocycles. The zero-order valence-corrected chi connectivity index (χ0v) is 12.9. The van der Waals surface area contributed by atoms with Crippen molar-refractivity contribution in [3.63, 3.8) is 0 Å². The number of carbonyl (C=O) groups is 1. The molecule has 0 aromatic carbocycles. The highest BCUT2D eigenvalue weighted by molar-refractivity contribution is 7.26. The molecular weight excluding hydrogens is 320 g/mol. The third kappa shape index (κ3) is 2.30. The van der Waals surface area contributed by atoms with Crippen LogP contribution in [0.1, 0.15) is 20.8 Å². The Bertz CT molecular complexity index is 889. The summed E-state index contributed by atoms with van der Waals surface area (Å²) in [6.45, 7) is 0. The van der Waals surface area contributed by atoms with E-state index in [4.69, 9.17) is 0 Å². The maximum atomic E-state index is 10.8. The summed E-state index contributed by atoms with van der Waals surface area (Å²) in [5.41, 5.74) is 0.811. The summed E-state index contributed by atoms with van der Waals surface area (Å²) in [6.07, 6.45) is 0.791. The number of aldehydes is 1. The second-order valence-electron chi connectivity index (χ2n) is 4.03. The van der Waals surface area contributed by atoms with E-state index in [1.54, 1.807) is 17.4 Å². The van der Waals surface area contributed by atoms with Crippen molar-refractivity contribution in [3.8, 4) is 31.6 Å². The first-order chi connectivity index (χ1) is 10.3. The van der Waals surface area contributed by atoms with E-state index in [1.807, 2.05) is 23.6 Å². The van der Waals surface area contributed by atoms with E-state index < -0.39 is 0 Å². The summed E-state index contributed by atoms with van der Waals surface area (Å²) in [5, 5.41) is 20.8. The Hall–Kier alpha value is -2.25. The molecule has 3 aromatic heterocycles. The highest BCUT2D eigenvalue weighted by atomic mass is 32.1. The molecule has 0 saturated heterocycles. The van der Waals surface area contributed by atoms with Crippen LogP contribution in [0.25, 0.3) is 19.5 Å². The average Bonchev–Trinajstić information content (AvgIpc) is 3.23. The van der Waals surface area contributed by atoms with Crippen LogP contribution < -0.4 is 0 Å². The van der Waals surface area contributed by atoms with Crippen LogP contribution in [0.3, 0.4) is 0 Å². The van der Waals surface area contributed by atoms with Gasteiger partial charge in [0.05, 0.1) is 25.8 Å². The molecule has 3 heterocycles. The Morgan fingerprint density at radius 2 is 1.67 bits per heavy atom. The van der Waals surface area contributed by atoms with E-state index in [-0.39, 0.29) is 0 Å². The van der Waals surface area contributed by atoms with Gasteiger partial charge in [-0.1, -0.05) is 6.07 Å². The third-order valence-corrected chi connectivity index (χ3v) is 6.27. The monoisotopic (exact) mass is 326 g/mol. The number of nitrogens with zero attached hydrogens (tertiary/aromatic N) is 2. The molecule has 21 heavy (non-hydrogen) atoms. The van der Waals surface area contributed by atoms with Gasteiger partial charge in [0.15, 0.2) is 6.29 Å². The summed E-state index contributed by atoms with van der Waals surface area (Å²) in [5.74, 6) is 0. The largest absolute Gasteiger partial charge is 0.297 e. The molecule has 0 N–H and O–H groups in total. The van der Waals surface area contributed by atoms with E-state index in [0.717, 1.165) is 25.8 Å². The molecule has 3 nitrogen and oxygen atoms in total. The minimum atomic E-state index is 0.394. The minimum Gasteiger partial charge on any atom is -0.297 e. The fraction of sp³-hybridized carbons (Fsp3) is 0. The lowest BCUT2D eigenvalue weighted by molar-refractivity contribution is 0.112. The zero-order valence-electron chi connectivity index (χ0n) is 10.5. The van der Waals surface area contributed by atoms with Crippen molar-refractivity contribution >= 4 is 40.3 Å². The van der Waals surface area contributed by atoms with Crippen LogP contribution in [-0.2, 0) is 0 Å². The summed E-state index contributed by atoms with van der Waals surface area (Å²) in [4.78, 5) is 14.8. The van der Waals surface area contributed by atoms with Crippen molar-refractivity contribution in [1.29, 1.82) is 10.5 Å². The summed E-state index contributed by atoms with van der Waals surface area (Å²) in [7, 11) is 0. The van der Waals surface area contributed by atoms with Crippen LogP contribution in [0.15, 0.2) is 29.6 Å². The normalized spacial score (nSPS) is 10.0. The average molecular weight is 326 g/mol. The molecular formula is C15H6N2OS3. The lowest BCUT2D eigenvalue weighted by Crippen LogP contribution is -1.80. The predicted octanol–water partition coefficient (Wildman–Crippen LogP) is 4.76. The topological polar surface area (TPSA) is 64.7 Å². The quantitative estimate of drug-likeness (QED) is 0.652. The number of hydrogen-bond donors (Lipinski definition) is 0. The number of thiophene rings is 3. The molecule has 0 spiro atoms. The van der Waals surface area contributed by atoms with Gasteiger partial charge in [-0.3, -0.25) is 4.79 Å². The van der Waals surface area contributed by atoms with E-state index in [9.17, 15) is 15.3 Å². The summed E-state index contributed by atoms with van der Waals surface area (Å²) < 4.78 is 0. The van der Waals surface area contributed by atoms with Gasteiger partial charge < -0.3 is 0 Å². The molecule has 0 amide bonds. The molecule has 0 atom stereocenters. The molecule has 3 rings (SSSR count). The highest BCUT2D eigenvalue weighted by Crippen LogP contribution is 2.44. The van der Waals surface area contributed by atoms with Gasteiger partial charge in [0.2, 0.25) is 0 Å². The first-order valence-corrected chi connectivity index (χ1v) is 8.36. The van der Waals surface area contributed by atoms with Gasteiger partial charge in [0.1, 0.15) is 12.1 Å². The van der Waals surface area contributed by atoms with Gasteiger partial charge in [0, 0.05) is 9.75 Å². The Morgan fingerprint density at radius 3 is 2.19 bits per heavy atom. The second kappa shape index (κ2) is 5.63. The van der Waals surface area contributed by atoms with E-state index >= 15 is 0 Å². The Balaban J connectivity index is 2.25. The number of carbonyl (C=O) groups excluding carboxylic acids is 1. The fourth-order valence-electron chi connectivity index (χ4n) is 1.94. The first-order valence-electron chi connectivity index (χ1n) is 5.84. The van der Waals surface area contributed by atoms with Crippen molar-refractivity contribution < 1.29 is 4.79 Å². The summed E-state index contributed by atoms with van der Waals surface area (Å²) >= 11 is 4.30. The van der Waals surface area contributed by atoms with E-state index in [0.29, 0.717) is 16.0 Å². The van der Waals surface area contributed by atoms with Crippen LogP contribution in [0.4, 0.5) is 0 Å². The van der Waals surface area contributed by atoms with Gasteiger partial charge in [0.25, 0.3) is 0 Å². The molecule has 0 aliphatic carbocycles. The molecule has 0 radical (unpaired) electrons. The third-order valence-electron chi connectivity index (χ3n) is 2.84. The SMILES string of the molecule is N#Cc1c(-c2cccs2)sc(-c2ccc(C=O)s2)c1C#N. The maximum absolute atomic E-state index is 10.8. The van der Waals surface area contributed by atoms with Crippen molar-refractivity contribution in [2.24, 2.45) is 0 Å². The first kappa shape index (κ1) is 13.7. The van der Waals surface area contributed by atoms with Gasteiger partial charge in [-0.15, -0.1) is 34.0 Å². The van der Waals surface area contributed by atoms with Crippen LogP contribution in [-0.4, -0.2) is 6.29 Å². The smallest absolute Gasteiger partial charge is 0.160 e. The molecule has 0 aliphatic heterocycles. The van der Waals surface area contributed by atoms with Gasteiger partial charge in [-0.05, 0) is 23.6 Å².